The molecule has 0 saturated heterocycles. The SMILES string of the molecule is Cc1nn(C(C)C)cc1-c1ccc(CC(=O)O)s1. The molecule has 5 heteroatoms. The Balaban J connectivity index is 2.31. The van der Waals surface area contributed by atoms with Gasteiger partial charge in [0.05, 0.1) is 12.1 Å². The second kappa shape index (κ2) is 4.94. The van der Waals surface area contributed by atoms with Gasteiger partial charge in [-0.15, -0.1) is 11.3 Å². The third-order valence-electron chi connectivity index (χ3n) is 2.70. The number of thiophene rings is 1. The van der Waals surface area contributed by atoms with Crippen LogP contribution >= 0.6 is 11.3 Å². The Kier molecular flexibility index (Phi) is 3.52. The highest BCUT2D eigenvalue weighted by Gasteiger charge is 2.12. The van der Waals surface area contributed by atoms with E-state index in [1.807, 2.05) is 29.9 Å². The number of carbonyl (C=O) groups is 1. The zero-order chi connectivity index (χ0) is 13.3. The number of aliphatic carboxylic acids is 1. The summed E-state index contributed by atoms with van der Waals surface area (Å²) in [6.45, 7) is 6.14. The highest BCUT2D eigenvalue weighted by atomic mass is 32.1. The van der Waals surface area contributed by atoms with E-state index in [-0.39, 0.29) is 6.42 Å². The Bertz CT molecular complexity index is 569. The van der Waals surface area contributed by atoms with Gasteiger partial charge in [-0.25, -0.2) is 0 Å². The maximum absolute atomic E-state index is 10.7. The predicted molar refractivity (Wildman–Crippen MR) is 72.0 cm³/mol. The van der Waals surface area contributed by atoms with E-state index in [0.717, 1.165) is 21.0 Å². The van der Waals surface area contributed by atoms with E-state index in [4.69, 9.17) is 5.11 Å². The van der Waals surface area contributed by atoms with Gasteiger partial charge < -0.3 is 5.11 Å². The summed E-state index contributed by atoms with van der Waals surface area (Å²) in [7, 11) is 0. The molecule has 2 aromatic rings. The first-order valence-corrected chi connectivity index (χ1v) is 6.65. The van der Waals surface area contributed by atoms with Gasteiger partial charge in [-0.1, -0.05) is 0 Å². The van der Waals surface area contributed by atoms with Crippen LogP contribution in [0.2, 0.25) is 0 Å². The Morgan fingerprint density at radius 2 is 2.22 bits per heavy atom. The minimum atomic E-state index is -0.794. The third kappa shape index (κ3) is 2.61. The molecule has 0 saturated carbocycles. The number of rotatable bonds is 4. The first-order chi connectivity index (χ1) is 8.47. The number of hydrogen-bond acceptors (Lipinski definition) is 3. The van der Waals surface area contributed by atoms with Crippen molar-refractivity contribution in [3.05, 3.63) is 28.9 Å². The Morgan fingerprint density at radius 1 is 1.50 bits per heavy atom. The third-order valence-corrected chi connectivity index (χ3v) is 3.82. The molecular weight excluding hydrogens is 248 g/mol. The number of aryl methyl sites for hydroxylation is 1. The van der Waals surface area contributed by atoms with Crippen molar-refractivity contribution >= 4 is 17.3 Å². The number of carboxylic acid groups (broad SMARTS) is 1. The van der Waals surface area contributed by atoms with Gasteiger partial charge in [-0.3, -0.25) is 9.48 Å². The zero-order valence-corrected chi connectivity index (χ0v) is 11.5. The Morgan fingerprint density at radius 3 is 2.78 bits per heavy atom. The average molecular weight is 264 g/mol. The highest BCUT2D eigenvalue weighted by molar-refractivity contribution is 7.15. The maximum atomic E-state index is 10.7. The van der Waals surface area contributed by atoms with Gasteiger partial charge in [0.1, 0.15) is 0 Å². The summed E-state index contributed by atoms with van der Waals surface area (Å²) in [5.74, 6) is -0.794. The predicted octanol–water partition coefficient (Wildman–Crippen LogP) is 3.13. The van der Waals surface area contributed by atoms with Crippen LogP contribution in [0.15, 0.2) is 18.3 Å². The molecule has 0 spiro atoms. The van der Waals surface area contributed by atoms with Crippen LogP contribution in [-0.2, 0) is 11.2 Å². The van der Waals surface area contributed by atoms with Gasteiger partial charge in [-0.05, 0) is 32.9 Å². The molecule has 0 unspecified atom stereocenters. The lowest BCUT2D eigenvalue weighted by atomic mass is 10.2. The topological polar surface area (TPSA) is 55.1 Å². The quantitative estimate of drug-likeness (QED) is 0.923. The van der Waals surface area contributed by atoms with Crippen LogP contribution in [0.5, 0.6) is 0 Å². The van der Waals surface area contributed by atoms with Crippen molar-refractivity contribution in [3.63, 3.8) is 0 Å². The summed E-state index contributed by atoms with van der Waals surface area (Å²) in [4.78, 5) is 12.6. The number of hydrogen-bond donors (Lipinski definition) is 1. The van der Waals surface area contributed by atoms with Gasteiger partial charge in [-0.2, -0.15) is 5.10 Å². The summed E-state index contributed by atoms with van der Waals surface area (Å²) >= 11 is 1.52. The van der Waals surface area contributed by atoms with E-state index in [0.29, 0.717) is 6.04 Å². The molecule has 1 N–H and O–H groups in total. The number of nitrogens with zero attached hydrogens (tertiary/aromatic N) is 2. The van der Waals surface area contributed by atoms with Gasteiger partial charge in [0.25, 0.3) is 0 Å². The summed E-state index contributed by atoms with van der Waals surface area (Å²) in [6, 6.07) is 4.17. The summed E-state index contributed by atoms with van der Waals surface area (Å²) in [5, 5.41) is 13.2. The molecule has 96 valence electrons. The van der Waals surface area contributed by atoms with E-state index in [1.54, 1.807) is 0 Å². The fourth-order valence-electron chi connectivity index (χ4n) is 1.75. The zero-order valence-electron chi connectivity index (χ0n) is 10.7. The van der Waals surface area contributed by atoms with E-state index in [9.17, 15) is 4.79 Å². The molecule has 2 rings (SSSR count). The normalized spacial score (nSPS) is 11.1. The smallest absolute Gasteiger partial charge is 0.308 e. The lowest BCUT2D eigenvalue weighted by molar-refractivity contribution is -0.136. The first-order valence-electron chi connectivity index (χ1n) is 5.84. The molecule has 0 atom stereocenters. The van der Waals surface area contributed by atoms with Crippen molar-refractivity contribution in [2.75, 3.05) is 0 Å². The summed E-state index contributed by atoms with van der Waals surface area (Å²) in [6.07, 6.45) is 2.11. The summed E-state index contributed by atoms with van der Waals surface area (Å²) in [5.41, 5.74) is 2.07. The second-order valence-electron chi connectivity index (χ2n) is 4.54. The minimum Gasteiger partial charge on any atom is -0.481 e. The molecule has 0 aliphatic heterocycles. The van der Waals surface area contributed by atoms with Crippen LogP contribution in [0, 0.1) is 6.92 Å². The fourth-order valence-corrected chi connectivity index (χ4v) is 2.82. The van der Waals surface area contributed by atoms with Crippen LogP contribution in [0.1, 0.15) is 30.5 Å². The van der Waals surface area contributed by atoms with E-state index < -0.39 is 5.97 Å². The van der Waals surface area contributed by atoms with Crippen molar-refractivity contribution < 1.29 is 9.90 Å². The van der Waals surface area contributed by atoms with Crippen LogP contribution in [-0.4, -0.2) is 20.9 Å². The fraction of sp³-hybridized carbons (Fsp3) is 0.385. The number of aromatic nitrogens is 2. The van der Waals surface area contributed by atoms with Crippen LogP contribution in [0.4, 0.5) is 0 Å². The lowest BCUT2D eigenvalue weighted by Gasteiger charge is -2.02. The van der Waals surface area contributed by atoms with Crippen molar-refractivity contribution in [2.24, 2.45) is 0 Å². The Hall–Kier alpha value is -1.62. The van der Waals surface area contributed by atoms with Crippen LogP contribution in [0.3, 0.4) is 0 Å². The van der Waals surface area contributed by atoms with E-state index in [1.165, 1.54) is 11.3 Å². The largest absolute Gasteiger partial charge is 0.481 e. The molecule has 4 nitrogen and oxygen atoms in total. The maximum Gasteiger partial charge on any atom is 0.308 e. The van der Waals surface area contributed by atoms with Gasteiger partial charge in [0.2, 0.25) is 0 Å². The molecule has 0 bridgehead atoms. The van der Waals surface area contributed by atoms with Gasteiger partial charge in [0.15, 0.2) is 0 Å². The first kappa shape index (κ1) is 12.8. The molecule has 0 fully saturated rings. The average Bonchev–Trinajstić information content (AvgIpc) is 2.83. The number of carboxylic acids is 1. The lowest BCUT2D eigenvalue weighted by Crippen LogP contribution is -2.00. The van der Waals surface area contributed by atoms with Crippen LogP contribution in [0.25, 0.3) is 10.4 Å². The molecular formula is C13H16N2O2S. The summed E-state index contributed by atoms with van der Waals surface area (Å²) < 4.78 is 1.93. The minimum absolute atomic E-state index is 0.0853. The van der Waals surface area contributed by atoms with Crippen molar-refractivity contribution in [1.29, 1.82) is 0 Å². The molecule has 18 heavy (non-hydrogen) atoms. The molecule has 2 aromatic heterocycles. The second-order valence-corrected chi connectivity index (χ2v) is 5.71. The molecule has 0 aromatic carbocycles. The molecule has 0 amide bonds. The molecule has 0 aliphatic carbocycles. The van der Waals surface area contributed by atoms with Crippen molar-refractivity contribution in [1.82, 2.24) is 9.78 Å². The Labute approximate surface area is 110 Å². The van der Waals surface area contributed by atoms with Crippen LogP contribution < -0.4 is 0 Å². The van der Waals surface area contributed by atoms with E-state index in [2.05, 4.69) is 18.9 Å². The molecule has 0 aliphatic rings. The molecule has 0 radical (unpaired) electrons. The van der Waals surface area contributed by atoms with Gasteiger partial charge >= 0.3 is 5.97 Å². The van der Waals surface area contributed by atoms with Crippen molar-refractivity contribution in [2.45, 2.75) is 33.2 Å². The van der Waals surface area contributed by atoms with E-state index >= 15 is 0 Å². The monoisotopic (exact) mass is 264 g/mol. The molecule has 2 heterocycles. The highest BCUT2D eigenvalue weighted by Crippen LogP contribution is 2.31. The van der Waals surface area contributed by atoms with Crippen molar-refractivity contribution in [3.8, 4) is 10.4 Å². The standard InChI is InChI=1S/C13H16N2O2S/c1-8(2)15-7-11(9(3)14-15)12-5-4-10(18-12)6-13(16)17/h4-5,7-8H,6H2,1-3H3,(H,16,17). The van der Waals surface area contributed by atoms with Gasteiger partial charge in [0, 0.05) is 27.6 Å².